The number of fused-ring (bicyclic) bond motifs is 1. The highest BCUT2D eigenvalue weighted by molar-refractivity contribution is 6.76. The predicted octanol–water partition coefficient (Wildman–Crippen LogP) is 4.60. The molecule has 0 aliphatic heterocycles. The summed E-state index contributed by atoms with van der Waals surface area (Å²) in [6, 6.07) is 0.608. The molecule has 0 radical (unpaired) electrons. The molecule has 0 saturated heterocycles. The Labute approximate surface area is 168 Å². The maximum Gasteiger partial charge on any atom is 0.418 e. The number of hydrogen-bond acceptors (Lipinski definition) is 5. The van der Waals surface area contributed by atoms with E-state index in [1.54, 1.807) is 6.92 Å². The SMILES string of the molecule is CC(CCO)Nc1nc(Cl)nc2c1c(C(F)(F)F)cn2COCC[Si](C)(C)C. The third-order valence-electron chi connectivity index (χ3n) is 4.17. The lowest BCUT2D eigenvalue weighted by Gasteiger charge is -2.16. The Hall–Kier alpha value is -1.36. The van der Waals surface area contributed by atoms with Gasteiger partial charge in [0.2, 0.25) is 5.28 Å². The first-order valence-electron chi connectivity index (χ1n) is 9.01. The smallest absolute Gasteiger partial charge is 0.396 e. The topological polar surface area (TPSA) is 72.2 Å². The van der Waals surface area contributed by atoms with Gasteiger partial charge >= 0.3 is 6.18 Å². The molecule has 1 unspecified atom stereocenters. The molecular weight excluding hydrogens is 413 g/mol. The molecule has 0 aliphatic rings. The maximum atomic E-state index is 13.6. The van der Waals surface area contributed by atoms with Gasteiger partial charge in [0.25, 0.3) is 0 Å². The van der Waals surface area contributed by atoms with Crippen LogP contribution in [0.25, 0.3) is 11.0 Å². The number of anilines is 1. The molecule has 0 fully saturated rings. The van der Waals surface area contributed by atoms with Crippen molar-refractivity contribution in [3.63, 3.8) is 0 Å². The van der Waals surface area contributed by atoms with Crippen LogP contribution in [0.4, 0.5) is 19.0 Å². The molecule has 2 N–H and O–H groups in total. The quantitative estimate of drug-likeness (QED) is 0.340. The zero-order valence-corrected chi connectivity index (χ0v) is 18.2. The third kappa shape index (κ3) is 6.07. The van der Waals surface area contributed by atoms with Gasteiger partial charge in [0.15, 0.2) is 0 Å². The average Bonchev–Trinajstić information content (AvgIpc) is 2.90. The molecule has 28 heavy (non-hydrogen) atoms. The van der Waals surface area contributed by atoms with Gasteiger partial charge in [0, 0.05) is 33.5 Å². The number of rotatable bonds is 9. The highest BCUT2D eigenvalue weighted by Crippen LogP contribution is 2.39. The van der Waals surface area contributed by atoms with Crippen molar-refractivity contribution in [2.75, 3.05) is 18.5 Å². The van der Waals surface area contributed by atoms with Gasteiger partial charge in [-0.2, -0.15) is 18.2 Å². The summed E-state index contributed by atoms with van der Waals surface area (Å²) >= 11 is 5.96. The second-order valence-corrected chi connectivity index (χ2v) is 13.9. The number of nitrogens with one attached hydrogen (secondary N) is 1. The lowest BCUT2D eigenvalue weighted by Crippen LogP contribution is -2.22. The number of ether oxygens (including phenoxy) is 1. The Bertz CT molecular complexity index is 808. The van der Waals surface area contributed by atoms with Crippen molar-refractivity contribution in [2.24, 2.45) is 0 Å². The Balaban J connectivity index is 2.42. The van der Waals surface area contributed by atoms with Crippen LogP contribution >= 0.6 is 11.6 Å². The first kappa shape index (κ1) is 22.9. The van der Waals surface area contributed by atoms with Crippen molar-refractivity contribution in [1.82, 2.24) is 14.5 Å². The molecule has 2 aromatic rings. The van der Waals surface area contributed by atoms with Crippen molar-refractivity contribution in [1.29, 1.82) is 0 Å². The fraction of sp³-hybridized carbons (Fsp3) is 0.647. The van der Waals surface area contributed by atoms with Crippen molar-refractivity contribution in [3.05, 3.63) is 17.0 Å². The normalized spacial score (nSPS) is 13.9. The standard InChI is InChI=1S/C17H26ClF3N4O2Si/c1-11(5-6-26)22-14-13-12(17(19,20)21)9-25(15(13)24-16(18)23-14)10-27-7-8-28(2,3)4/h9,11,26H,5-8,10H2,1-4H3,(H,22,23,24). The van der Waals surface area contributed by atoms with Gasteiger partial charge in [-0.05, 0) is 31.0 Å². The van der Waals surface area contributed by atoms with Gasteiger partial charge in [-0.1, -0.05) is 19.6 Å². The van der Waals surface area contributed by atoms with Crippen LogP contribution in [0.2, 0.25) is 31.0 Å². The van der Waals surface area contributed by atoms with Crippen LogP contribution in [0, 0.1) is 0 Å². The van der Waals surface area contributed by atoms with E-state index in [1.165, 1.54) is 4.57 Å². The largest absolute Gasteiger partial charge is 0.418 e. The summed E-state index contributed by atoms with van der Waals surface area (Å²) in [4.78, 5) is 7.96. The van der Waals surface area contributed by atoms with E-state index in [9.17, 15) is 13.2 Å². The molecule has 0 saturated carbocycles. The second-order valence-electron chi connectivity index (χ2n) is 7.96. The van der Waals surface area contributed by atoms with Crippen LogP contribution in [0.3, 0.4) is 0 Å². The van der Waals surface area contributed by atoms with Gasteiger partial charge in [-0.25, -0.2) is 4.98 Å². The van der Waals surface area contributed by atoms with Crippen LogP contribution in [0.5, 0.6) is 0 Å². The number of aromatic nitrogens is 3. The Morgan fingerprint density at radius 1 is 1.32 bits per heavy atom. The highest BCUT2D eigenvalue weighted by Gasteiger charge is 2.37. The summed E-state index contributed by atoms with van der Waals surface area (Å²) in [6.45, 7) is 8.63. The van der Waals surface area contributed by atoms with E-state index in [0.29, 0.717) is 13.0 Å². The highest BCUT2D eigenvalue weighted by atomic mass is 35.5. The van der Waals surface area contributed by atoms with E-state index >= 15 is 0 Å². The fourth-order valence-corrected chi connectivity index (χ4v) is 3.54. The number of hydrogen-bond donors (Lipinski definition) is 2. The number of aliphatic hydroxyl groups excluding tert-OH is 1. The van der Waals surface area contributed by atoms with E-state index in [1.807, 2.05) is 0 Å². The van der Waals surface area contributed by atoms with E-state index in [4.69, 9.17) is 21.4 Å². The Kier molecular flexibility index (Phi) is 7.35. The number of alkyl halides is 3. The molecule has 1 atom stereocenters. The molecule has 6 nitrogen and oxygen atoms in total. The van der Waals surface area contributed by atoms with E-state index in [-0.39, 0.29) is 41.5 Å². The molecule has 2 heterocycles. The van der Waals surface area contributed by atoms with Gasteiger partial charge in [-0.3, -0.25) is 0 Å². The fourth-order valence-electron chi connectivity index (χ4n) is 2.62. The summed E-state index contributed by atoms with van der Waals surface area (Å²) in [5.74, 6) is -0.0101. The van der Waals surface area contributed by atoms with Crippen LogP contribution < -0.4 is 5.32 Å². The summed E-state index contributed by atoms with van der Waals surface area (Å²) in [5, 5.41) is 11.6. The molecular formula is C17H26ClF3N4O2Si. The van der Waals surface area contributed by atoms with Gasteiger partial charge < -0.3 is 19.7 Å². The maximum absolute atomic E-state index is 13.6. The predicted molar refractivity (Wildman–Crippen MR) is 106 cm³/mol. The molecule has 158 valence electrons. The Morgan fingerprint density at radius 2 is 2.00 bits per heavy atom. The molecule has 0 aromatic carbocycles. The zero-order chi connectivity index (χ0) is 21.1. The number of aliphatic hydroxyl groups is 1. The minimum Gasteiger partial charge on any atom is -0.396 e. The van der Waals surface area contributed by atoms with Crippen LogP contribution in [0.1, 0.15) is 18.9 Å². The lowest BCUT2D eigenvalue weighted by molar-refractivity contribution is -0.136. The summed E-state index contributed by atoms with van der Waals surface area (Å²) in [7, 11) is -1.31. The monoisotopic (exact) mass is 438 g/mol. The molecule has 0 bridgehead atoms. The van der Waals surface area contributed by atoms with Crippen molar-refractivity contribution in [2.45, 2.75) is 58.0 Å². The second kappa shape index (κ2) is 8.98. The van der Waals surface area contributed by atoms with Crippen molar-refractivity contribution in [3.8, 4) is 0 Å². The Morgan fingerprint density at radius 3 is 2.57 bits per heavy atom. The van der Waals surface area contributed by atoms with E-state index in [2.05, 4.69) is 34.9 Å². The minimum atomic E-state index is -4.59. The molecule has 0 aliphatic carbocycles. The molecule has 11 heteroatoms. The molecule has 2 rings (SSSR count). The van der Waals surface area contributed by atoms with Crippen molar-refractivity contribution < 1.29 is 23.0 Å². The minimum absolute atomic E-state index is 0.0101. The summed E-state index contributed by atoms with van der Waals surface area (Å²) in [5.41, 5.74) is -0.800. The molecule has 0 amide bonds. The van der Waals surface area contributed by atoms with Crippen molar-refractivity contribution >= 4 is 36.5 Å². The van der Waals surface area contributed by atoms with Crippen LogP contribution in [-0.4, -0.2) is 47.0 Å². The van der Waals surface area contributed by atoms with E-state index < -0.39 is 19.8 Å². The summed E-state index contributed by atoms with van der Waals surface area (Å²) < 4.78 is 47.8. The molecule has 0 spiro atoms. The zero-order valence-electron chi connectivity index (χ0n) is 16.4. The van der Waals surface area contributed by atoms with E-state index in [0.717, 1.165) is 12.2 Å². The van der Waals surface area contributed by atoms with Gasteiger partial charge in [0.1, 0.15) is 18.2 Å². The van der Waals surface area contributed by atoms with Gasteiger partial charge in [-0.15, -0.1) is 0 Å². The van der Waals surface area contributed by atoms with Crippen LogP contribution in [-0.2, 0) is 17.6 Å². The first-order chi connectivity index (χ1) is 12.9. The number of nitrogens with zero attached hydrogens (tertiary/aromatic N) is 3. The average molecular weight is 439 g/mol. The molecule has 2 aromatic heterocycles. The third-order valence-corrected chi connectivity index (χ3v) is 6.04. The summed E-state index contributed by atoms with van der Waals surface area (Å²) in [6.07, 6.45) is -3.26. The first-order valence-corrected chi connectivity index (χ1v) is 13.1. The van der Waals surface area contributed by atoms with Gasteiger partial charge in [0.05, 0.1) is 10.9 Å². The lowest BCUT2D eigenvalue weighted by atomic mass is 10.2. The number of halogens is 4. The van der Waals surface area contributed by atoms with Crippen LogP contribution in [0.15, 0.2) is 6.20 Å².